The van der Waals surface area contributed by atoms with Gasteiger partial charge in [-0.05, 0) is 43.9 Å². The summed E-state index contributed by atoms with van der Waals surface area (Å²) in [5.41, 5.74) is 3.77. The zero-order valence-electron chi connectivity index (χ0n) is 15.4. The summed E-state index contributed by atoms with van der Waals surface area (Å²) in [5.74, 6) is 1.47. The van der Waals surface area contributed by atoms with Crippen molar-refractivity contribution in [2.24, 2.45) is 0 Å². The van der Waals surface area contributed by atoms with Crippen LogP contribution in [0, 0.1) is 36.5 Å². The zero-order valence-corrected chi connectivity index (χ0v) is 15.4. The minimum Gasteiger partial charge on any atom is -0.455 e. The van der Waals surface area contributed by atoms with Crippen molar-refractivity contribution in [3.63, 3.8) is 0 Å². The van der Waals surface area contributed by atoms with Crippen molar-refractivity contribution in [3.8, 4) is 23.6 Å². The second kappa shape index (κ2) is 7.93. The summed E-state index contributed by atoms with van der Waals surface area (Å²) >= 11 is 0. The van der Waals surface area contributed by atoms with Crippen LogP contribution in [0.4, 0.5) is 5.69 Å². The molecule has 0 aliphatic carbocycles. The van der Waals surface area contributed by atoms with Gasteiger partial charge in [0.1, 0.15) is 17.9 Å². The van der Waals surface area contributed by atoms with Crippen molar-refractivity contribution in [1.29, 1.82) is 10.5 Å². The highest BCUT2D eigenvalue weighted by Gasteiger charge is 2.19. The van der Waals surface area contributed by atoms with E-state index in [-0.39, 0.29) is 0 Å². The number of benzene rings is 2. The summed E-state index contributed by atoms with van der Waals surface area (Å²) in [6.45, 7) is 5.92. The van der Waals surface area contributed by atoms with Gasteiger partial charge in [0.05, 0.1) is 16.8 Å². The van der Waals surface area contributed by atoms with Gasteiger partial charge < -0.3 is 9.64 Å². The van der Waals surface area contributed by atoms with Crippen LogP contribution in [0.5, 0.6) is 11.5 Å². The van der Waals surface area contributed by atoms with Crippen LogP contribution in [-0.2, 0) is 0 Å². The van der Waals surface area contributed by atoms with Gasteiger partial charge in [-0.15, -0.1) is 0 Å². The Bertz CT molecular complexity index is 861. The first-order valence-electron chi connectivity index (χ1n) is 9.11. The molecule has 1 saturated heterocycles. The number of ether oxygens (including phenoxy) is 1. The molecule has 3 rings (SSSR count). The molecule has 1 heterocycles. The first-order chi connectivity index (χ1) is 12.6. The van der Waals surface area contributed by atoms with Crippen LogP contribution >= 0.6 is 0 Å². The largest absolute Gasteiger partial charge is 0.455 e. The highest BCUT2D eigenvalue weighted by molar-refractivity contribution is 5.67. The standard InChI is InChI=1S/C22H23N3O/c1-16-8-7-9-17(2)22(16)26-21-13-19(15-24)18(14-23)12-20(21)25-10-5-3-4-6-11-25/h7-9,12-13H,3-6,10-11H2,1-2H3. The maximum Gasteiger partial charge on any atom is 0.152 e. The summed E-state index contributed by atoms with van der Waals surface area (Å²) in [7, 11) is 0. The molecule has 0 amide bonds. The lowest BCUT2D eigenvalue weighted by molar-refractivity contribution is 0.473. The van der Waals surface area contributed by atoms with Crippen LogP contribution in [0.1, 0.15) is 47.9 Å². The predicted octanol–water partition coefficient (Wildman–Crippen LogP) is 5.22. The fraction of sp³-hybridized carbons (Fsp3) is 0.364. The molecule has 0 saturated carbocycles. The molecular formula is C22H23N3O. The number of hydrogen-bond donors (Lipinski definition) is 0. The third-order valence-electron chi connectivity index (χ3n) is 4.91. The number of aryl methyl sites for hydroxylation is 2. The summed E-state index contributed by atoms with van der Waals surface area (Å²) in [4.78, 5) is 2.29. The third kappa shape index (κ3) is 3.65. The SMILES string of the molecule is Cc1cccc(C)c1Oc1cc(C#N)c(C#N)cc1N1CCCCCC1. The molecule has 0 atom stereocenters. The summed E-state index contributed by atoms with van der Waals surface area (Å²) in [6.07, 6.45) is 4.71. The van der Waals surface area contributed by atoms with Crippen molar-refractivity contribution in [2.75, 3.05) is 18.0 Å². The summed E-state index contributed by atoms with van der Waals surface area (Å²) in [5, 5.41) is 18.9. The third-order valence-corrected chi connectivity index (χ3v) is 4.91. The Morgan fingerprint density at radius 3 is 2.04 bits per heavy atom. The summed E-state index contributed by atoms with van der Waals surface area (Å²) < 4.78 is 6.30. The van der Waals surface area contributed by atoms with E-state index >= 15 is 0 Å². The highest BCUT2D eigenvalue weighted by Crippen LogP contribution is 2.38. The van der Waals surface area contributed by atoms with E-state index < -0.39 is 0 Å². The number of rotatable bonds is 3. The monoisotopic (exact) mass is 345 g/mol. The quantitative estimate of drug-likeness (QED) is 0.765. The van der Waals surface area contributed by atoms with E-state index in [0.717, 1.165) is 48.5 Å². The molecule has 0 radical (unpaired) electrons. The molecule has 1 fully saturated rings. The van der Waals surface area contributed by atoms with Crippen molar-refractivity contribution >= 4 is 5.69 Å². The number of para-hydroxylation sites is 1. The van der Waals surface area contributed by atoms with E-state index in [1.165, 1.54) is 12.8 Å². The van der Waals surface area contributed by atoms with Gasteiger partial charge in [-0.3, -0.25) is 0 Å². The second-order valence-corrected chi connectivity index (χ2v) is 6.81. The smallest absolute Gasteiger partial charge is 0.152 e. The van der Waals surface area contributed by atoms with Crippen molar-refractivity contribution in [2.45, 2.75) is 39.5 Å². The van der Waals surface area contributed by atoms with E-state index in [2.05, 4.69) is 17.0 Å². The maximum atomic E-state index is 9.44. The van der Waals surface area contributed by atoms with E-state index in [4.69, 9.17) is 4.74 Å². The van der Waals surface area contributed by atoms with Crippen molar-refractivity contribution < 1.29 is 4.74 Å². The Labute approximate surface area is 155 Å². The molecule has 0 N–H and O–H groups in total. The van der Waals surface area contributed by atoms with Gasteiger partial charge in [0.2, 0.25) is 0 Å². The van der Waals surface area contributed by atoms with Crippen molar-refractivity contribution in [1.82, 2.24) is 0 Å². The molecule has 1 aliphatic heterocycles. The molecule has 2 aromatic rings. The minimum atomic E-state index is 0.354. The Morgan fingerprint density at radius 2 is 1.46 bits per heavy atom. The molecule has 0 spiro atoms. The van der Waals surface area contributed by atoms with Crippen LogP contribution in [0.2, 0.25) is 0 Å². The number of nitriles is 2. The summed E-state index contributed by atoms with van der Waals surface area (Å²) in [6, 6.07) is 13.8. The molecular weight excluding hydrogens is 322 g/mol. The number of nitrogens with zero attached hydrogens (tertiary/aromatic N) is 3. The molecule has 0 bridgehead atoms. The topological polar surface area (TPSA) is 60.0 Å². The zero-order chi connectivity index (χ0) is 18.5. The molecule has 1 aliphatic rings. The van der Waals surface area contributed by atoms with Gasteiger partial charge in [-0.1, -0.05) is 31.0 Å². The minimum absolute atomic E-state index is 0.354. The lowest BCUT2D eigenvalue weighted by Crippen LogP contribution is -2.24. The van der Waals surface area contributed by atoms with Crippen LogP contribution in [0.3, 0.4) is 0 Å². The molecule has 0 aromatic heterocycles. The van der Waals surface area contributed by atoms with E-state index in [1.54, 1.807) is 6.07 Å². The van der Waals surface area contributed by atoms with E-state index in [9.17, 15) is 10.5 Å². The van der Waals surface area contributed by atoms with Crippen molar-refractivity contribution in [3.05, 3.63) is 52.6 Å². The number of hydrogen-bond acceptors (Lipinski definition) is 4. The Balaban J connectivity index is 2.09. The molecule has 26 heavy (non-hydrogen) atoms. The van der Waals surface area contributed by atoms with Gasteiger partial charge in [-0.25, -0.2) is 0 Å². The lowest BCUT2D eigenvalue weighted by atomic mass is 10.1. The average Bonchev–Trinajstić information content (AvgIpc) is 2.93. The fourth-order valence-electron chi connectivity index (χ4n) is 3.46. The first-order valence-corrected chi connectivity index (χ1v) is 9.11. The van der Waals surface area contributed by atoms with Crippen LogP contribution < -0.4 is 9.64 Å². The normalized spacial score (nSPS) is 14.2. The Morgan fingerprint density at radius 1 is 0.885 bits per heavy atom. The lowest BCUT2D eigenvalue weighted by Gasteiger charge is -2.26. The van der Waals surface area contributed by atoms with Crippen LogP contribution in [0.25, 0.3) is 0 Å². The Hall–Kier alpha value is -2.98. The molecule has 132 valence electrons. The average molecular weight is 345 g/mol. The highest BCUT2D eigenvalue weighted by atomic mass is 16.5. The Kier molecular flexibility index (Phi) is 5.44. The van der Waals surface area contributed by atoms with Gasteiger partial charge in [0.25, 0.3) is 0 Å². The van der Waals surface area contributed by atoms with E-state index in [0.29, 0.717) is 16.9 Å². The second-order valence-electron chi connectivity index (χ2n) is 6.81. The molecule has 2 aromatic carbocycles. The van der Waals surface area contributed by atoms with Gasteiger partial charge in [-0.2, -0.15) is 10.5 Å². The number of anilines is 1. The van der Waals surface area contributed by atoms with Gasteiger partial charge >= 0.3 is 0 Å². The van der Waals surface area contributed by atoms with Gasteiger partial charge in [0, 0.05) is 19.2 Å². The first kappa shape index (κ1) is 17.8. The van der Waals surface area contributed by atoms with Crippen LogP contribution in [-0.4, -0.2) is 13.1 Å². The maximum absolute atomic E-state index is 9.44. The van der Waals surface area contributed by atoms with Gasteiger partial charge in [0.15, 0.2) is 5.75 Å². The molecule has 0 unspecified atom stereocenters. The molecule has 4 heteroatoms. The van der Waals surface area contributed by atoms with Crippen LogP contribution in [0.15, 0.2) is 30.3 Å². The molecule has 4 nitrogen and oxygen atoms in total. The predicted molar refractivity (Wildman–Crippen MR) is 103 cm³/mol. The van der Waals surface area contributed by atoms with E-state index in [1.807, 2.05) is 38.1 Å². The fourth-order valence-corrected chi connectivity index (χ4v) is 3.46.